The average molecular weight is 427 g/mol. The number of methoxy groups -OCH3 is 2. The van der Waals surface area contributed by atoms with Gasteiger partial charge in [0.25, 0.3) is 0 Å². The largest absolute Gasteiger partial charge is 0.497 e. The smallest absolute Gasteiger partial charge is 0.119 e. The second-order valence-corrected chi connectivity index (χ2v) is 8.56. The van der Waals surface area contributed by atoms with Crippen molar-refractivity contribution in [3.8, 4) is 11.5 Å². The number of hydrogen-bond acceptors (Lipinski definition) is 2. The van der Waals surface area contributed by atoms with Gasteiger partial charge in [-0.05, 0) is 91.3 Å². The van der Waals surface area contributed by atoms with Gasteiger partial charge in [-0.2, -0.15) is 0 Å². The minimum atomic E-state index is 0.318. The highest BCUT2D eigenvalue weighted by atomic mass is 16.5. The summed E-state index contributed by atoms with van der Waals surface area (Å²) < 4.78 is 10.9. The number of allylic oxidation sites excluding steroid dienone is 8. The van der Waals surface area contributed by atoms with Crippen molar-refractivity contribution in [3.05, 3.63) is 113 Å². The summed E-state index contributed by atoms with van der Waals surface area (Å²) in [4.78, 5) is 0. The molecule has 0 N–H and O–H groups in total. The molecule has 2 aromatic rings. The summed E-state index contributed by atoms with van der Waals surface area (Å²) >= 11 is 0. The van der Waals surface area contributed by atoms with Crippen LogP contribution in [0, 0.1) is 0 Å². The van der Waals surface area contributed by atoms with Gasteiger partial charge in [-0.1, -0.05) is 60.7 Å². The Balaban J connectivity index is 2.07. The van der Waals surface area contributed by atoms with E-state index in [1.54, 1.807) is 14.2 Å². The lowest BCUT2D eigenvalue weighted by Crippen LogP contribution is -2.14. The predicted molar refractivity (Wildman–Crippen MR) is 136 cm³/mol. The summed E-state index contributed by atoms with van der Waals surface area (Å²) in [6.45, 7) is 14.9. The predicted octanol–water partition coefficient (Wildman–Crippen LogP) is 7.84. The molecule has 2 nitrogen and oxygen atoms in total. The Morgan fingerprint density at radius 3 is 2.25 bits per heavy atom. The molecule has 0 spiro atoms. The van der Waals surface area contributed by atoms with Crippen molar-refractivity contribution in [3.63, 3.8) is 0 Å². The van der Waals surface area contributed by atoms with Crippen LogP contribution in [0.25, 0.3) is 5.57 Å². The van der Waals surface area contributed by atoms with E-state index in [2.05, 4.69) is 76.4 Å². The maximum absolute atomic E-state index is 5.55. The van der Waals surface area contributed by atoms with E-state index in [0.29, 0.717) is 5.92 Å². The van der Waals surface area contributed by atoms with Crippen molar-refractivity contribution in [2.45, 2.75) is 39.5 Å². The molecular formula is C30H34O2. The molecular weight excluding hydrogens is 392 g/mol. The van der Waals surface area contributed by atoms with Crippen molar-refractivity contribution >= 4 is 5.57 Å². The van der Waals surface area contributed by atoms with Crippen LogP contribution in [0.15, 0.2) is 96.1 Å². The van der Waals surface area contributed by atoms with E-state index >= 15 is 0 Å². The monoisotopic (exact) mass is 426 g/mol. The fourth-order valence-electron chi connectivity index (χ4n) is 4.28. The van der Waals surface area contributed by atoms with Gasteiger partial charge in [0.1, 0.15) is 11.5 Å². The molecule has 1 aliphatic carbocycles. The van der Waals surface area contributed by atoms with Crippen molar-refractivity contribution < 1.29 is 9.47 Å². The topological polar surface area (TPSA) is 18.5 Å². The third kappa shape index (κ3) is 5.13. The molecule has 0 saturated heterocycles. The van der Waals surface area contributed by atoms with Crippen LogP contribution in [0.1, 0.15) is 49.8 Å². The van der Waals surface area contributed by atoms with E-state index in [-0.39, 0.29) is 0 Å². The van der Waals surface area contributed by atoms with E-state index in [4.69, 9.17) is 9.47 Å². The van der Waals surface area contributed by atoms with Crippen LogP contribution in [0.4, 0.5) is 0 Å². The fourth-order valence-corrected chi connectivity index (χ4v) is 4.28. The van der Waals surface area contributed by atoms with E-state index in [1.807, 2.05) is 18.2 Å². The number of fused-ring (bicyclic) bond motifs is 1. The van der Waals surface area contributed by atoms with Gasteiger partial charge in [-0.3, -0.25) is 0 Å². The molecule has 166 valence electrons. The summed E-state index contributed by atoms with van der Waals surface area (Å²) in [5.74, 6) is 2.08. The number of hydrogen-bond donors (Lipinski definition) is 0. The zero-order chi connectivity index (χ0) is 23.3. The molecule has 3 rings (SSSR count). The lowest BCUT2D eigenvalue weighted by Gasteiger charge is -2.30. The van der Waals surface area contributed by atoms with Gasteiger partial charge in [-0.15, -0.1) is 0 Å². The van der Waals surface area contributed by atoms with Crippen LogP contribution >= 0.6 is 0 Å². The molecule has 0 heterocycles. The number of ether oxygens (including phenoxy) is 2. The summed E-state index contributed by atoms with van der Waals surface area (Å²) in [5.41, 5.74) is 9.99. The zero-order valence-corrected chi connectivity index (χ0v) is 20.0. The molecule has 1 aliphatic rings. The molecule has 0 bridgehead atoms. The zero-order valence-electron chi connectivity index (χ0n) is 20.0. The summed E-state index contributed by atoms with van der Waals surface area (Å²) in [6, 6.07) is 14.9. The van der Waals surface area contributed by atoms with Gasteiger partial charge in [0.05, 0.1) is 14.2 Å². The molecule has 0 amide bonds. The first kappa shape index (κ1) is 23.4. The van der Waals surface area contributed by atoms with E-state index in [9.17, 15) is 0 Å². The van der Waals surface area contributed by atoms with Gasteiger partial charge in [0.2, 0.25) is 0 Å². The lowest BCUT2D eigenvalue weighted by molar-refractivity contribution is 0.414. The lowest BCUT2D eigenvalue weighted by atomic mass is 9.74. The third-order valence-corrected chi connectivity index (χ3v) is 6.20. The number of benzene rings is 2. The quantitative estimate of drug-likeness (QED) is 0.400. The number of rotatable bonds is 8. The molecule has 2 heteroatoms. The van der Waals surface area contributed by atoms with Gasteiger partial charge >= 0.3 is 0 Å². The Morgan fingerprint density at radius 1 is 1.00 bits per heavy atom. The van der Waals surface area contributed by atoms with Crippen LogP contribution in [0.2, 0.25) is 0 Å². The molecule has 2 aromatic carbocycles. The van der Waals surface area contributed by atoms with Crippen molar-refractivity contribution in [2.75, 3.05) is 14.2 Å². The highest BCUT2D eigenvalue weighted by Crippen LogP contribution is 2.44. The standard InChI is InChI=1S/C30H34O2/c1-8-23(10-9-20(2)3)21(4)17-29-22(5)28(24-11-14-26(31-6)15-12-24)18-25-13-16-27(32-7)19-30(25)29/h8-16,19,28H,1,4,17-18H2,2-3,5-7H3. The van der Waals surface area contributed by atoms with Crippen LogP contribution in [-0.4, -0.2) is 14.2 Å². The van der Waals surface area contributed by atoms with Gasteiger partial charge in [-0.25, -0.2) is 0 Å². The second kappa shape index (κ2) is 10.4. The van der Waals surface area contributed by atoms with E-state index < -0.39 is 0 Å². The molecule has 1 unspecified atom stereocenters. The SMILES string of the molecule is C=CC(=CC=C(C)C)C(=C)CC1=C(C)C(c2ccc(OC)cc2)Cc2ccc(OC)cc21. The maximum Gasteiger partial charge on any atom is 0.119 e. The first-order chi connectivity index (χ1) is 15.4. The minimum Gasteiger partial charge on any atom is -0.497 e. The fraction of sp³-hybridized carbons (Fsp3) is 0.267. The third-order valence-electron chi connectivity index (χ3n) is 6.20. The molecule has 1 atom stereocenters. The Kier molecular flexibility index (Phi) is 7.58. The van der Waals surface area contributed by atoms with Crippen LogP contribution in [0.3, 0.4) is 0 Å². The van der Waals surface area contributed by atoms with Crippen molar-refractivity contribution in [1.29, 1.82) is 0 Å². The first-order valence-corrected chi connectivity index (χ1v) is 11.0. The highest BCUT2D eigenvalue weighted by Gasteiger charge is 2.27. The van der Waals surface area contributed by atoms with E-state index in [0.717, 1.165) is 35.5 Å². The maximum atomic E-state index is 5.55. The van der Waals surface area contributed by atoms with Gasteiger partial charge < -0.3 is 9.47 Å². The van der Waals surface area contributed by atoms with Crippen molar-refractivity contribution in [2.24, 2.45) is 0 Å². The summed E-state index contributed by atoms with van der Waals surface area (Å²) in [7, 11) is 3.42. The normalized spacial score (nSPS) is 15.7. The highest BCUT2D eigenvalue weighted by molar-refractivity contribution is 5.78. The first-order valence-electron chi connectivity index (χ1n) is 11.0. The molecule has 0 radical (unpaired) electrons. The summed E-state index contributed by atoms with van der Waals surface area (Å²) in [6.07, 6.45) is 7.86. The molecule has 0 saturated carbocycles. The average Bonchev–Trinajstić information content (AvgIpc) is 2.80. The molecule has 0 fully saturated rings. The Bertz CT molecular complexity index is 1090. The summed E-state index contributed by atoms with van der Waals surface area (Å²) in [5, 5.41) is 0. The Hall–Kier alpha value is -3.26. The van der Waals surface area contributed by atoms with Crippen molar-refractivity contribution in [1.82, 2.24) is 0 Å². The Labute approximate surface area is 193 Å². The molecule has 0 aliphatic heterocycles. The van der Waals surface area contributed by atoms with E-state index in [1.165, 1.54) is 33.4 Å². The Morgan fingerprint density at radius 2 is 1.66 bits per heavy atom. The van der Waals surface area contributed by atoms with Crippen LogP contribution < -0.4 is 9.47 Å². The molecule has 32 heavy (non-hydrogen) atoms. The van der Waals surface area contributed by atoms with Gasteiger partial charge in [0.15, 0.2) is 0 Å². The van der Waals surface area contributed by atoms with Crippen LogP contribution in [-0.2, 0) is 6.42 Å². The second-order valence-electron chi connectivity index (χ2n) is 8.56. The molecule has 0 aromatic heterocycles. The van der Waals surface area contributed by atoms with Gasteiger partial charge in [0, 0.05) is 5.92 Å². The minimum absolute atomic E-state index is 0.318. The van der Waals surface area contributed by atoms with Crippen LogP contribution in [0.5, 0.6) is 11.5 Å².